The van der Waals surface area contributed by atoms with Gasteiger partial charge in [0, 0.05) is 20.6 Å². The van der Waals surface area contributed by atoms with Gasteiger partial charge in [0.25, 0.3) is 5.91 Å². The maximum Gasteiger partial charge on any atom is 0.264 e. The number of nitrogens with zero attached hydrogens (tertiary/aromatic N) is 1. The van der Waals surface area contributed by atoms with Gasteiger partial charge in [0.2, 0.25) is 0 Å². The highest BCUT2D eigenvalue weighted by Crippen LogP contribution is 2.45. The average molecular weight is 501 g/mol. The van der Waals surface area contributed by atoms with Gasteiger partial charge in [-0.25, -0.2) is 0 Å². The Kier molecular flexibility index (Phi) is 5.88. The maximum atomic E-state index is 13.4. The van der Waals surface area contributed by atoms with Crippen LogP contribution < -0.4 is 9.64 Å². The number of Topliss-reactive ketones (excluding diaryl/α,β-unsaturated/α-hetero) is 1. The third-order valence-corrected chi connectivity index (χ3v) is 6.27. The van der Waals surface area contributed by atoms with Gasteiger partial charge < -0.3 is 14.7 Å². The van der Waals surface area contributed by atoms with Crippen molar-refractivity contribution in [3.8, 4) is 5.75 Å². The summed E-state index contributed by atoms with van der Waals surface area (Å²) in [7, 11) is 1.54. The van der Waals surface area contributed by atoms with E-state index in [1.54, 1.807) is 55.6 Å². The number of benzene rings is 3. The number of amides is 1. The van der Waals surface area contributed by atoms with Gasteiger partial charge in [-0.15, -0.1) is 0 Å². The molecule has 0 radical (unpaired) electrons. The normalized spacial score (nSPS) is 17.5. The Morgan fingerprint density at radius 1 is 1.13 bits per heavy atom. The largest absolute Gasteiger partial charge is 0.497 e. The number of ketones is 1. The van der Waals surface area contributed by atoms with Crippen LogP contribution in [0.3, 0.4) is 0 Å². The predicted molar refractivity (Wildman–Crippen MR) is 123 cm³/mol. The SMILES string of the molecule is COc1ccc(C(=O)C[C@]2(O)C(=O)N(Cc3ccccc3Cl)c3ccc(Br)cc32)cc1. The number of rotatable bonds is 6. The minimum absolute atomic E-state index is 0.187. The summed E-state index contributed by atoms with van der Waals surface area (Å²) in [6.07, 6.45) is -0.374. The molecule has 0 bridgehead atoms. The van der Waals surface area contributed by atoms with Crippen molar-refractivity contribution in [3.63, 3.8) is 0 Å². The molecule has 0 saturated heterocycles. The molecule has 1 N–H and O–H groups in total. The van der Waals surface area contributed by atoms with E-state index in [1.807, 2.05) is 18.2 Å². The second-order valence-corrected chi connectivity index (χ2v) is 8.66. The first-order valence-corrected chi connectivity index (χ1v) is 10.8. The zero-order valence-corrected chi connectivity index (χ0v) is 19.0. The minimum Gasteiger partial charge on any atom is -0.497 e. The Bertz CT molecular complexity index is 1160. The first-order chi connectivity index (χ1) is 14.8. The summed E-state index contributed by atoms with van der Waals surface area (Å²) >= 11 is 9.69. The molecule has 1 heterocycles. The van der Waals surface area contributed by atoms with Gasteiger partial charge in [0.15, 0.2) is 11.4 Å². The zero-order valence-electron chi connectivity index (χ0n) is 16.6. The van der Waals surface area contributed by atoms with Crippen LogP contribution in [0.2, 0.25) is 5.02 Å². The smallest absolute Gasteiger partial charge is 0.264 e. The van der Waals surface area contributed by atoms with Crippen molar-refractivity contribution in [1.82, 2.24) is 0 Å². The highest BCUT2D eigenvalue weighted by Gasteiger charge is 2.51. The summed E-state index contributed by atoms with van der Waals surface area (Å²) in [5, 5.41) is 12.0. The molecule has 7 heteroatoms. The van der Waals surface area contributed by atoms with Crippen LogP contribution in [0.25, 0.3) is 0 Å². The molecule has 0 aliphatic carbocycles. The fraction of sp³-hybridized carbons (Fsp3) is 0.167. The molecule has 1 amide bonds. The lowest BCUT2D eigenvalue weighted by atomic mass is 9.88. The molecular weight excluding hydrogens is 482 g/mol. The zero-order chi connectivity index (χ0) is 22.2. The van der Waals surface area contributed by atoms with Crippen molar-refractivity contribution in [2.24, 2.45) is 0 Å². The third-order valence-electron chi connectivity index (χ3n) is 5.41. The van der Waals surface area contributed by atoms with Crippen molar-refractivity contribution < 1.29 is 19.4 Å². The summed E-state index contributed by atoms with van der Waals surface area (Å²) < 4.78 is 5.82. The lowest BCUT2D eigenvalue weighted by Gasteiger charge is -2.23. The first kappa shape index (κ1) is 21.6. The van der Waals surface area contributed by atoms with E-state index in [0.29, 0.717) is 32.1 Å². The summed E-state index contributed by atoms with van der Waals surface area (Å²) in [5.74, 6) is -0.279. The second-order valence-electron chi connectivity index (χ2n) is 7.33. The van der Waals surface area contributed by atoms with Crippen LogP contribution >= 0.6 is 27.5 Å². The van der Waals surface area contributed by atoms with Crippen LogP contribution in [0.1, 0.15) is 27.9 Å². The number of carbonyl (C=O) groups is 2. The quantitative estimate of drug-likeness (QED) is 0.477. The molecule has 31 heavy (non-hydrogen) atoms. The Balaban J connectivity index is 1.70. The van der Waals surface area contributed by atoms with Crippen LogP contribution in [0, 0.1) is 0 Å². The number of ether oxygens (including phenoxy) is 1. The van der Waals surface area contributed by atoms with Crippen molar-refractivity contribution in [2.75, 3.05) is 12.0 Å². The van der Waals surface area contributed by atoms with Crippen molar-refractivity contribution in [1.29, 1.82) is 0 Å². The Labute approximate surface area is 193 Å². The molecule has 3 aromatic rings. The maximum absolute atomic E-state index is 13.4. The number of hydrogen-bond donors (Lipinski definition) is 1. The number of halogens is 2. The molecule has 0 saturated carbocycles. The van der Waals surface area contributed by atoms with E-state index in [4.69, 9.17) is 16.3 Å². The van der Waals surface area contributed by atoms with Crippen LogP contribution in [0.15, 0.2) is 71.2 Å². The van der Waals surface area contributed by atoms with E-state index in [-0.39, 0.29) is 18.7 Å². The van der Waals surface area contributed by atoms with Crippen molar-refractivity contribution in [2.45, 2.75) is 18.6 Å². The van der Waals surface area contributed by atoms with E-state index in [2.05, 4.69) is 15.9 Å². The molecule has 5 nitrogen and oxygen atoms in total. The fourth-order valence-electron chi connectivity index (χ4n) is 3.76. The van der Waals surface area contributed by atoms with E-state index in [9.17, 15) is 14.7 Å². The van der Waals surface area contributed by atoms with Crippen LogP contribution in [0.5, 0.6) is 5.75 Å². The van der Waals surface area contributed by atoms with Gasteiger partial charge in [-0.3, -0.25) is 9.59 Å². The number of carbonyl (C=O) groups excluding carboxylic acids is 2. The summed E-state index contributed by atoms with van der Waals surface area (Å²) in [6, 6.07) is 19.0. The summed E-state index contributed by atoms with van der Waals surface area (Å²) in [5.41, 5.74) is 0.108. The molecule has 0 fully saturated rings. The molecule has 4 rings (SSSR count). The van der Waals surface area contributed by atoms with E-state index < -0.39 is 11.5 Å². The highest BCUT2D eigenvalue weighted by atomic mass is 79.9. The van der Waals surface area contributed by atoms with Crippen molar-refractivity contribution >= 4 is 44.9 Å². The number of fused-ring (bicyclic) bond motifs is 1. The van der Waals surface area contributed by atoms with Gasteiger partial charge in [0.1, 0.15) is 5.75 Å². The Hall–Kier alpha value is -2.67. The van der Waals surface area contributed by atoms with E-state index >= 15 is 0 Å². The number of methoxy groups -OCH3 is 1. The molecule has 158 valence electrons. The van der Waals surface area contributed by atoms with Crippen LogP contribution in [0.4, 0.5) is 5.69 Å². The van der Waals surface area contributed by atoms with Crippen molar-refractivity contribution in [3.05, 3.63) is 92.9 Å². The van der Waals surface area contributed by atoms with Crippen LogP contribution in [-0.4, -0.2) is 23.9 Å². The topological polar surface area (TPSA) is 66.8 Å². The predicted octanol–water partition coefficient (Wildman–Crippen LogP) is 5.12. The van der Waals surface area contributed by atoms with Gasteiger partial charge in [0.05, 0.1) is 25.8 Å². The number of anilines is 1. The molecular formula is C24H19BrClNO4. The summed E-state index contributed by atoms with van der Waals surface area (Å²) in [6.45, 7) is 0.187. The molecule has 0 spiro atoms. The second kappa shape index (κ2) is 8.46. The van der Waals surface area contributed by atoms with Gasteiger partial charge in [-0.05, 0) is 54.1 Å². The molecule has 1 atom stereocenters. The molecule has 0 unspecified atom stereocenters. The Morgan fingerprint density at radius 3 is 2.52 bits per heavy atom. The minimum atomic E-state index is -1.97. The lowest BCUT2D eigenvalue weighted by molar-refractivity contribution is -0.136. The molecule has 0 aromatic heterocycles. The summed E-state index contributed by atoms with van der Waals surface area (Å²) in [4.78, 5) is 27.9. The molecule has 1 aliphatic heterocycles. The standard InChI is InChI=1S/C24H19BrClNO4/c1-31-18-9-6-15(7-10-18)22(28)13-24(30)19-12-17(25)8-11-21(19)27(23(24)29)14-16-4-2-3-5-20(16)26/h2-12,30H,13-14H2,1H3/t24-/m1/s1. The van der Waals surface area contributed by atoms with E-state index in [1.165, 1.54) is 4.90 Å². The first-order valence-electron chi connectivity index (χ1n) is 9.58. The molecule has 1 aliphatic rings. The highest BCUT2D eigenvalue weighted by molar-refractivity contribution is 9.10. The number of aliphatic hydroxyl groups is 1. The van der Waals surface area contributed by atoms with Gasteiger partial charge >= 0.3 is 0 Å². The average Bonchev–Trinajstić information content (AvgIpc) is 2.96. The van der Waals surface area contributed by atoms with E-state index in [0.717, 1.165) is 5.56 Å². The monoisotopic (exact) mass is 499 g/mol. The van der Waals surface area contributed by atoms with Gasteiger partial charge in [-0.2, -0.15) is 0 Å². The number of hydrogen-bond acceptors (Lipinski definition) is 4. The van der Waals surface area contributed by atoms with Gasteiger partial charge in [-0.1, -0.05) is 45.7 Å². The lowest BCUT2D eigenvalue weighted by Crippen LogP contribution is -2.41. The Morgan fingerprint density at radius 2 is 1.84 bits per heavy atom. The third kappa shape index (κ3) is 3.99. The fourth-order valence-corrected chi connectivity index (χ4v) is 4.32. The van der Waals surface area contributed by atoms with Crippen LogP contribution in [-0.2, 0) is 16.9 Å². The molecule has 3 aromatic carbocycles.